The van der Waals surface area contributed by atoms with Crippen LogP contribution in [0.25, 0.3) is 0 Å². The van der Waals surface area contributed by atoms with E-state index in [9.17, 15) is 4.79 Å². The predicted molar refractivity (Wildman–Crippen MR) is 97.9 cm³/mol. The first-order valence-electron chi connectivity index (χ1n) is 9.34. The number of rotatable bonds is 18. The zero-order chi connectivity index (χ0) is 15.4. The molecule has 0 bridgehead atoms. The molecule has 0 aromatic rings. The number of unbranched alkanes of at least 4 members (excludes halogenated alkanes) is 13. The van der Waals surface area contributed by atoms with Crippen molar-refractivity contribution in [1.82, 2.24) is 0 Å². The fourth-order valence-corrected chi connectivity index (χ4v) is 3.57. The van der Waals surface area contributed by atoms with E-state index in [1.165, 1.54) is 95.0 Å². The average molecular weight is 314 g/mol. The molecule has 0 heterocycles. The van der Waals surface area contributed by atoms with Gasteiger partial charge >= 0.3 is 0 Å². The third-order valence-electron chi connectivity index (χ3n) is 3.96. The third kappa shape index (κ3) is 20.0. The van der Waals surface area contributed by atoms with E-state index < -0.39 is 0 Å². The molecule has 0 aliphatic carbocycles. The standard InChI is InChI=1S/C19H37OS/c1-2-3-4-5-6-7-8-9-10-11-12-15-18-21-19-16-13-14-17-20/h2-16,18-19H2,1H3. The molecule has 0 fully saturated rings. The van der Waals surface area contributed by atoms with Crippen molar-refractivity contribution in [2.24, 2.45) is 0 Å². The quantitative estimate of drug-likeness (QED) is 0.262. The predicted octanol–water partition coefficient (Wildman–Crippen LogP) is 6.70. The molecule has 1 nitrogen and oxygen atoms in total. The topological polar surface area (TPSA) is 17.1 Å². The average Bonchev–Trinajstić information content (AvgIpc) is 2.50. The van der Waals surface area contributed by atoms with Crippen LogP contribution in [0.1, 0.15) is 103 Å². The van der Waals surface area contributed by atoms with Gasteiger partial charge < -0.3 is 0 Å². The summed E-state index contributed by atoms with van der Waals surface area (Å²) in [7, 11) is 0. The zero-order valence-corrected chi connectivity index (χ0v) is 15.2. The Labute approximate surface area is 138 Å². The third-order valence-corrected chi connectivity index (χ3v) is 5.11. The van der Waals surface area contributed by atoms with E-state index in [4.69, 9.17) is 0 Å². The van der Waals surface area contributed by atoms with E-state index in [0.717, 1.165) is 6.42 Å². The lowest BCUT2D eigenvalue weighted by molar-refractivity contribution is 0.548. The Hall–Kier alpha value is 0.0200. The van der Waals surface area contributed by atoms with Gasteiger partial charge in [0, 0.05) is 6.42 Å². The van der Waals surface area contributed by atoms with Gasteiger partial charge in [-0.05, 0) is 30.8 Å². The van der Waals surface area contributed by atoms with Gasteiger partial charge in [0.2, 0.25) is 0 Å². The van der Waals surface area contributed by atoms with Crippen molar-refractivity contribution in [3.63, 3.8) is 0 Å². The van der Waals surface area contributed by atoms with Crippen LogP contribution in [-0.2, 0) is 4.79 Å². The Kier molecular flexibility index (Phi) is 20.0. The second-order valence-corrected chi connectivity index (χ2v) is 7.33. The Balaban J connectivity index is 2.91. The van der Waals surface area contributed by atoms with Crippen molar-refractivity contribution >= 4 is 18.0 Å². The summed E-state index contributed by atoms with van der Waals surface area (Å²) in [6, 6.07) is 0. The monoisotopic (exact) mass is 313 g/mol. The van der Waals surface area contributed by atoms with Crippen LogP contribution in [-0.4, -0.2) is 17.8 Å². The summed E-state index contributed by atoms with van der Waals surface area (Å²) >= 11 is 2.06. The van der Waals surface area contributed by atoms with Gasteiger partial charge in [-0.2, -0.15) is 11.8 Å². The largest absolute Gasteiger partial charge is 0.291 e. The van der Waals surface area contributed by atoms with Crippen LogP contribution in [0, 0.1) is 0 Å². The lowest BCUT2D eigenvalue weighted by Gasteiger charge is -2.03. The van der Waals surface area contributed by atoms with Crippen LogP contribution >= 0.6 is 11.8 Å². The molecule has 0 aliphatic heterocycles. The molecular weight excluding hydrogens is 276 g/mol. The van der Waals surface area contributed by atoms with E-state index >= 15 is 0 Å². The first-order chi connectivity index (χ1) is 10.4. The molecule has 0 unspecified atom stereocenters. The molecule has 0 rings (SSSR count). The molecule has 0 amide bonds. The SMILES string of the molecule is CCCCCCCCCCCCCCSCCCC[C]=O. The fraction of sp³-hybridized carbons (Fsp3) is 0.947. The van der Waals surface area contributed by atoms with E-state index in [1.54, 1.807) is 0 Å². The molecule has 0 atom stereocenters. The van der Waals surface area contributed by atoms with Crippen LogP contribution in [0.2, 0.25) is 0 Å². The summed E-state index contributed by atoms with van der Waals surface area (Å²) in [6.45, 7) is 2.28. The van der Waals surface area contributed by atoms with E-state index in [2.05, 4.69) is 18.7 Å². The fourth-order valence-electron chi connectivity index (χ4n) is 2.55. The second kappa shape index (κ2) is 20.0. The molecule has 21 heavy (non-hydrogen) atoms. The number of hydrogen-bond acceptors (Lipinski definition) is 2. The highest BCUT2D eigenvalue weighted by atomic mass is 32.2. The smallest absolute Gasteiger partial charge is 0.198 e. The maximum Gasteiger partial charge on any atom is 0.198 e. The molecular formula is C19H37OS. The van der Waals surface area contributed by atoms with Crippen molar-refractivity contribution in [1.29, 1.82) is 0 Å². The maximum absolute atomic E-state index is 10.0. The number of hydrogen-bond donors (Lipinski definition) is 0. The summed E-state index contributed by atoms with van der Waals surface area (Å²) < 4.78 is 0. The van der Waals surface area contributed by atoms with Crippen LogP contribution in [0.15, 0.2) is 0 Å². The minimum Gasteiger partial charge on any atom is -0.291 e. The number of thioether (sulfide) groups is 1. The van der Waals surface area contributed by atoms with E-state index in [0.29, 0.717) is 6.42 Å². The van der Waals surface area contributed by atoms with Crippen LogP contribution < -0.4 is 0 Å². The molecule has 0 saturated heterocycles. The first-order valence-corrected chi connectivity index (χ1v) is 10.5. The molecule has 2 heteroatoms. The lowest BCUT2D eigenvalue weighted by Crippen LogP contribution is -1.87. The van der Waals surface area contributed by atoms with Crippen molar-refractivity contribution in [3.05, 3.63) is 0 Å². The van der Waals surface area contributed by atoms with Crippen molar-refractivity contribution in [3.8, 4) is 0 Å². The molecule has 0 aliphatic rings. The van der Waals surface area contributed by atoms with Gasteiger partial charge in [-0.3, -0.25) is 4.79 Å². The molecule has 0 N–H and O–H groups in total. The van der Waals surface area contributed by atoms with Crippen LogP contribution in [0.3, 0.4) is 0 Å². The van der Waals surface area contributed by atoms with Crippen LogP contribution in [0.5, 0.6) is 0 Å². The van der Waals surface area contributed by atoms with E-state index in [-0.39, 0.29) is 0 Å². The van der Waals surface area contributed by atoms with Crippen LogP contribution in [0.4, 0.5) is 0 Å². The van der Waals surface area contributed by atoms with Gasteiger partial charge in [0.25, 0.3) is 0 Å². The van der Waals surface area contributed by atoms with Gasteiger partial charge in [0.05, 0.1) is 0 Å². The normalized spacial score (nSPS) is 10.9. The molecule has 0 aromatic heterocycles. The van der Waals surface area contributed by atoms with Crippen molar-refractivity contribution < 1.29 is 4.79 Å². The summed E-state index contributed by atoms with van der Waals surface area (Å²) in [4.78, 5) is 10.0. The number of carbonyl (C=O) groups excluding carboxylic acids is 1. The minimum absolute atomic E-state index is 0.624. The van der Waals surface area contributed by atoms with E-state index in [1.807, 2.05) is 6.29 Å². The van der Waals surface area contributed by atoms with Crippen molar-refractivity contribution in [2.75, 3.05) is 11.5 Å². The second-order valence-electron chi connectivity index (χ2n) is 6.10. The first kappa shape index (κ1) is 21.0. The molecule has 0 saturated carbocycles. The Morgan fingerprint density at radius 2 is 1.05 bits per heavy atom. The lowest BCUT2D eigenvalue weighted by atomic mass is 10.1. The highest BCUT2D eigenvalue weighted by Crippen LogP contribution is 2.13. The summed E-state index contributed by atoms with van der Waals surface area (Å²) in [5, 5.41) is 0. The van der Waals surface area contributed by atoms with Gasteiger partial charge in [-0.15, -0.1) is 0 Å². The minimum atomic E-state index is 0.624. The highest BCUT2D eigenvalue weighted by Gasteiger charge is 1.94. The summed E-state index contributed by atoms with van der Waals surface area (Å²) in [6.07, 6.45) is 21.9. The molecule has 125 valence electrons. The maximum atomic E-state index is 10.0. The summed E-state index contributed by atoms with van der Waals surface area (Å²) in [5.41, 5.74) is 0. The Morgan fingerprint density at radius 3 is 1.52 bits per heavy atom. The summed E-state index contributed by atoms with van der Waals surface area (Å²) in [5.74, 6) is 2.53. The Bertz CT molecular complexity index is 194. The Morgan fingerprint density at radius 1 is 0.619 bits per heavy atom. The van der Waals surface area contributed by atoms with Gasteiger partial charge in [0.15, 0.2) is 6.29 Å². The molecule has 1 radical (unpaired) electrons. The zero-order valence-electron chi connectivity index (χ0n) is 14.3. The molecule has 0 aromatic carbocycles. The van der Waals surface area contributed by atoms with Gasteiger partial charge in [-0.25, -0.2) is 0 Å². The van der Waals surface area contributed by atoms with Gasteiger partial charge in [0.1, 0.15) is 0 Å². The van der Waals surface area contributed by atoms with Crippen molar-refractivity contribution in [2.45, 2.75) is 103 Å². The highest BCUT2D eigenvalue weighted by molar-refractivity contribution is 7.99. The van der Waals surface area contributed by atoms with Gasteiger partial charge in [-0.1, -0.05) is 77.6 Å². The molecule has 0 spiro atoms.